The van der Waals surface area contributed by atoms with Crippen molar-refractivity contribution in [2.24, 2.45) is 0 Å². The molecule has 0 aliphatic carbocycles. The van der Waals surface area contributed by atoms with Gasteiger partial charge in [0.2, 0.25) is 0 Å². The average Bonchev–Trinajstić information content (AvgIpc) is 1.38. The van der Waals surface area contributed by atoms with Crippen molar-refractivity contribution in [2.75, 3.05) is 5.75 Å². The van der Waals surface area contributed by atoms with Crippen molar-refractivity contribution in [3.63, 3.8) is 0 Å². The van der Waals surface area contributed by atoms with Gasteiger partial charge in [0, 0.05) is 24.4 Å². The molecule has 0 fully saturated rings. The molecule has 0 heterocycles. The van der Waals surface area contributed by atoms with E-state index < -0.39 is 5.97 Å². The molecule has 0 unspecified atom stereocenters. The predicted octanol–water partition coefficient (Wildman–Crippen LogP) is -0.380. The zero-order valence-corrected chi connectivity index (χ0v) is 6.40. The first-order valence-electron chi connectivity index (χ1n) is 1.10. The maximum Gasteiger partial charge on any atom is 0.313 e. The summed E-state index contributed by atoms with van der Waals surface area (Å²) in [4.78, 5) is 9.29. The monoisotopic (exact) mass is 213 g/mol. The summed E-state index contributed by atoms with van der Waals surface area (Å²) in [5.41, 5.74) is 0. The van der Waals surface area contributed by atoms with Crippen LogP contribution in [0.1, 0.15) is 0 Å². The van der Waals surface area contributed by atoms with Gasteiger partial charge in [-0.05, 0) is 0 Å². The molecule has 1 N–H and O–H groups in total. The molecule has 0 aliphatic heterocycles. The molecule has 0 bridgehead atoms. The third-order valence-electron chi connectivity index (χ3n) is 0.135. The van der Waals surface area contributed by atoms with Gasteiger partial charge in [-0.1, -0.05) is 0 Å². The first-order chi connectivity index (χ1) is 2.27. The molecule has 0 atom stereocenters. The summed E-state index contributed by atoms with van der Waals surface area (Å²) in [5.74, 6) is -0.965. The summed E-state index contributed by atoms with van der Waals surface area (Å²) < 4.78 is 0. The van der Waals surface area contributed by atoms with Crippen LogP contribution in [0.5, 0.6) is 0 Å². The van der Waals surface area contributed by atoms with Gasteiger partial charge in [-0.2, -0.15) is 12.6 Å². The Balaban J connectivity index is 0. The van der Waals surface area contributed by atoms with E-state index in [0.717, 1.165) is 0 Å². The average molecular weight is 214 g/mol. The van der Waals surface area contributed by atoms with Crippen LogP contribution in [0.3, 0.4) is 0 Å². The number of rotatable bonds is 1. The van der Waals surface area contributed by atoms with Crippen molar-refractivity contribution in [1.29, 1.82) is 0 Å². The quantitative estimate of drug-likeness (QED) is 0.461. The minimum Gasteiger partial charge on any atom is -0.481 e. The van der Waals surface area contributed by atoms with Crippen LogP contribution in [0.25, 0.3) is 0 Å². The van der Waals surface area contributed by atoms with Crippen LogP contribution in [0.15, 0.2) is 0 Å². The Morgan fingerprint density at radius 1 is 1.83 bits per heavy atom. The van der Waals surface area contributed by atoms with E-state index in [1.165, 1.54) is 0 Å². The van der Waals surface area contributed by atoms with Crippen LogP contribution >= 0.6 is 12.6 Å². The van der Waals surface area contributed by atoms with Crippen LogP contribution in [0.4, 0.5) is 0 Å². The van der Waals surface area contributed by atoms with Crippen molar-refractivity contribution in [2.45, 2.75) is 0 Å². The summed E-state index contributed by atoms with van der Waals surface area (Å²) in [5, 5.41) is 7.65. The molecule has 0 saturated heterocycles. The van der Waals surface area contributed by atoms with E-state index in [9.17, 15) is 4.79 Å². The van der Waals surface area contributed by atoms with Crippen molar-refractivity contribution < 1.29 is 9.90 Å². The minimum absolute atomic E-state index is 0. The Labute approximate surface area is 58.8 Å². The van der Waals surface area contributed by atoms with Gasteiger partial charge in [-0.3, -0.25) is 4.79 Å². The van der Waals surface area contributed by atoms with Crippen molar-refractivity contribution in [3.05, 3.63) is 0 Å². The molecule has 0 amide bonds. The largest absolute Gasteiger partial charge is 0.481 e. The summed E-state index contributed by atoms with van der Waals surface area (Å²) in [6.07, 6.45) is 0. The molecule has 0 spiro atoms. The van der Waals surface area contributed by atoms with Gasteiger partial charge in [0.15, 0.2) is 0 Å². The van der Waals surface area contributed by atoms with E-state index in [4.69, 9.17) is 5.11 Å². The summed E-state index contributed by atoms with van der Waals surface area (Å²) in [6, 6.07) is 0. The second-order valence-corrected chi connectivity index (χ2v) is 0.868. The molecule has 3 radical (unpaired) electrons. The standard InChI is InChI=1S/C2H4O2S.Sb/c3-2(4)1-5;/h5H,1H2,(H,3,4);. The summed E-state index contributed by atoms with van der Waals surface area (Å²) in [7, 11) is 0. The Morgan fingerprint density at radius 2 is 2.00 bits per heavy atom. The molecule has 0 aromatic carbocycles. The Kier molecular flexibility index (Phi) is 9.22. The van der Waals surface area contributed by atoms with E-state index in [0.29, 0.717) is 0 Å². The predicted molar refractivity (Wildman–Crippen MR) is 27.2 cm³/mol. The van der Waals surface area contributed by atoms with Crippen LogP contribution in [0, 0.1) is 0 Å². The second kappa shape index (κ2) is 5.64. The fourth-order valence-electron chi connectivity index (χ4n) is 0. The van der Waals surface area contributed by atoms with E-state index in [1.54, 1.807) is 0 Å². The topological polar surface area (TPSA) is 37.3 Å². The van der Waals surface area contributed by atoms with Crippen molar-refractivity contribution in [1.82, 2.24) is 0 Å². The van der Waals surface area contributed by atoms with Gasteiger partial charge in [0.05, 0.1) is 5.75 Å². The molecule has 6 heavy (non-hydrogen) atoms. The molecular weight excluding hydrogens is 210 g/mol. The molecule has 4 heteroatoms. The minimum atomic E-state index is -0.881. The fraction of sp³-hybridized carbons (Fsp3) is 0.500. The molecular formula is C2H4O2SSb. The number of hydrogen-bond donors (Lipinski definition) is 2. The number of carboxylic acids is 1. The first-order valence-corrected chi connectivity index (χ1v) is 1.73. The summed E-state index contributed by atoms with van der Waals surface area (Å²) in [6.45, 7) is 0. The van der Waals surface area contributed by atoms with E-state index >= 15 is 0 Å². The van der Waals surface area contributed by atoms with Crippen molar-refractivity contribution >= 4 is 43.0 Å². The molecule has 0 aromatic rings. The molecule has 0 rings (SSSR count). The molecule has 0 aromatic heterocycles. The van der Waals surface area contributed by atoms with Crippen LogP contribution < -0.4 is 0 Å². The van der Waals surface area contributed by atoms with Crippen molar-refractivity contribution in [3.8, 4) is 0 Å². The zero-order valence-electron chi connectivity index (χ0n) is 2.96. The Hall–Kier alpha value is 0.638. The number of carboxylic acid groups (broad SMARTS) is 1. The molecule has 35 valence electrons. The van der Waals surface area contributed by atoms with Gasteiger partial charge in [0.25, 0.3) is 0 Å². The summed E-state index contributed by atoms with van der Waals surface area (Å²) >= 11 is 3.42. The van der Waals surface area contributed by atoms with Gasteiger partial charge in [-0.25, -0.2) is 0 Å². The third kappa shape index (κ3) is 8.82. The normalized spacial score (nSPS) is 6.17. The number of hydrogen-bond acceptors (Lipinski definition) is 2. The SMILES string of the molecule is O=C(O)CS.[Sb]. The van der Waals surface area contributed by atoms with Gasteiger partial charge in [-0.15, -0.1) is 0 Å². The van der Waals surface area contributed by atoms with Crippen LogP contribution in [-0.4, -0.2) is 41.3 Å². The van der Waals surface area contributed by atoms with E-state index in [1.807, 2.05) is 0 Å². The van der Waals surface area contributed by atoms with Crippen LogP contribution in [-0.2, 0) is 4.79 Å². The number of thiol groups is 1. The Bertz CT molecular complexity index is 46.8. The molecule has 0 aliphatic rings. The fourth-order valence-corrected chi connectivity index (χ4v) is 0. The maximum absolute atomic E-state index is 9.29. The second-order valence-electron chi connectivity index (χ2n) is 0.552. The Morgan fingerprint density at radius 3 is 2.00 bits per heavy atom. The van der Waals surface area contributed by atoms with E-state index in [-0.39, 0.29) is 30.2 Å². The number of aliphatic carboxylic acids is 1. The molecule has 2 nitrogen and oxygen atoms in total. The first kappa shape index (κ1) is 9.81. The molecule has 0 saturated carbocycles. The zero-order chi connectivity index (χ0) is 4.28. The van der Waals surface area contributed by atoms with Gasteiger partial charge >= 0.3 is 5.97 Å². The smallest absolute Gasteiger partial charge is 0.313 e. The maximum atomic E-state index is 9.29. The van der Waals surface area contributed by atoms with Crippen LogP contribution in [0.2, 0.25) is 0 Å². The third-order valence-corrected chi connectivity index (χ3v) is 0.406. The van der Waals surface area contributed by atoms with Gasteiger partial charge < -0.3 is 5.11 Å². The number of carbonyl (C=O) groups is 1. The van der Waals surface area contributed by atoms with E-state index in [2.05, 4.69) is 12.6 Å². The van der Waals surface area contributed by atoms with Gasteiger partial charge in [0.1, 0.15) is 0 Å².